The zero-order valence-electron chi connectivity index (χ0n) is 20.9. The van der Waals surface area contributed by atoms with Crippen LogP contribution < -0.4 is 0 Å². The number of hydrogen-bond acceptors (Lipinski definition) is 7. The second-order valence-corrected chi connectivity index (χ2v) is 11.4. The molecule has 2 atom stereocenters. The molecule has 0 radical (unpaired) electrons. The number of fused-ring (bicyclic) bond motifs is 2. The Labute approximate surface area is 245 Å². The van der Waals surface area contributed by atoms with Crippen LogP contribution in [0.2, 0.25) is 10.0 Å². The molecule has 1 aromatic carbocycles. The van der Waals surface area contributed by atoms with Gasteiger partial charge in [0.15, 0.2) is 11.6 Å². The molecule has 6 nitrogen and oxygen atoms in total. The summed E-state index contributed by atoms with van der Waals surface area (Å²) >= 11 is 13.7. The molecule has 0 amide bonds. The largest absolute Gasteiger partial charge is 0.289 e. The van der Waals surface area contributed by atoms with Crippen molar-refractivity contribution in [1.29, 1.82) is 21.0 Å². The lowest BCUT2D eigenvalue weighted by Crippen LogP contribution is -2.03. The van der Waals surface area contributed by atoms with Crippen molar-refractivity contribution < 1.29 is 9.59 Å². The second kappa shape index (κ2) is 11.1. The maximum atomic E-state index is 13.4. The fourth-order valence-electron chi connectivity index (χ4n) is 5.71. The molecular formula is C31H18Cl2N4O2S. The number of rotatable bonds is 2. The molecule has 0 aliphatic heterocycles. The molecule has 9 heteroatoms. The molecule has 0 N–H and O–H groups in total. The minimum atomic E-state index is -0.299. The van der Waals surface area contributed by atoms with Crippen LogP contribution in [0, 0.1) is 57.2 Å². The van der Waals surface area contributed by atoms with E-state index >= 15 is 0 Å². The van der Waals surface area contributed by atoms with Crippen LogP contribution in [0.15, 0.2) is 57.3 Å². The zero-order chi connectivity index (χ0) is 28.6. The average Bonchev–Trinajstić information content (AvgIpc) is 3.53. The first-order chi connectivity index (χ1) is 19.3. The number of ketones is 2. The van der Waals surface area contributed by atoms with E-state index in [9.17, 15) is 30.6 Å². The van der Waals surface area contributed by atoms with Crippen molar-refractivity contribution >= 4 is 57.3 Å². The minimum absolute atomic E-state index is 0.000471. The van der Waals surface area contributed by atoms with Crippen molar-refractivity contribution in [3.63, 3.8) is 0 Å². The van der Waals surface area contributed by atoms with Gasteiger partial charge in [0.1, 0.15) is 35.4 Å². The van der Waals surface area contributed by atoms with Gasteiger partial charge >= 0.3 is 0 Å². The number of carbonyl (C=O) groups is 2. The standard InChI is InChI=1S/C31H18Cl2N4O2S/c32-26-8-20-21(9-27(26)33)30(38)22(28(20)18(10-34)11-35)6-16-2-1-3-17(5-4-16)7-23-29(19(12-36)13-37)24-14-40-15-25(24)31(23)39/h6-9,14-17H,1-5H2/b22-6-,23-7-. The number of hydrogen-bond donors (Lipinski definition) is 0. The normalized spacial score (nSPS) is 21.8. The summed E-state index contributed by atoms with van der Waals surface area (Å²) in [5, 5.41) is 42.3. The molecule has 194 valence electrons. The quantitative estimate of drug-likeness (QED) is 0.202. The third-order valence-electron chi connectivity index (χ3n) is 7.59. The van der Waals surface area contributed by atoms with Gasteiger partial charge in [0, 0.05) is 44.4 Å². The van der Waals surface area contributed by atoms with Gasteiger partial charge in [0.05, 0.1) is 10.0 Å². The molecule has 3 aliphatic carbocycles. The Balaban J connectivity index is 1.46. The third kappa shape index (κ3) is 4.60. The van der Waals surface area contributed by atoms with E-state index in [-0.39, 0.29) is 50.2 Å². The first kappa shape index (κ1) is 27.3. The topological polar surface area (TPSA) is 129 Å². The van der Waals surface area contributed by atoms with E-state index < -0.39 is 0 Å². The Morgan fingerprint density at radius 3 is 1.68 bits per heavy atom. The average molecular weight is 581 g/mol. The first-order valence-corrected chi connectivity index (χ1v) is 14.2. The van der Waals surface area contributed by atoms with Gasteiger partial charge in [-0.1, -0.05) is 41.8 Å². The molecule has 1 heterocycles. The maximum absolute atomic E-state index is 13.4. The number of allylic oxidation sites excluding steroid dienone is 8. The van der Waals surface area contributed by atoms with E-state index in [1.54, 1.807) is 10.8 Å². The Kier molecular flexibility index (Phi) is 7.58. The van der Waals surface area contributed by atoms with E-state index in [2.05, 4.69) is 0 Å². The van der Waals surface area contributed by atoms with E-state index in [1.807, 2.05) is 36.4 Å². The summed E-state index contributed by atoms with van der Waals surface area (Å²) in [7, 11) is 0. The molecule has 3 aliphatic rings. The van der Waals surface area contributed by atoms with Gasteiger partial charge in [-0.25, -0.2) is 0 Å². The van der Waals surface area contributed by atoms with Crippen LogP contribution in [0.4, 0.5) is 0 Å². The molecule has 1 saturated carbocycles. The van der Waals surface area contributed by atoms with Gasteiger partial charge in [-0.15, -0.1) is 0 Å². The second-order valence-electron chi connectivity index (χ2n) is 9.81. The summed E-state index contributed by atoms with van der Waals surface area (Å²) in [5.41, 5.74) is 3.08. The van der Waals surface area contributed by atoms with E-state index in [4.69, 9.17) is 23.2 Å². The monoisotopic (exact) mass is 580 g/mol. The fourth-order valence-corrected chi connectivity index (χ4v) is 6.86. The van der Waals surface area contributed by atoms with Gasteiger partial charge in [0.25, 0.3) is 0 Å². The highest BCUT2D eigenvalue weighted by molar-refractivity contribution is 7.08. The Hall–Kier alpha value is -4.24. The lowest BCUT2D eigenvalue weighted by molar-refractivity contribution is 0.103. The molecule has 2 aromatic rings. The maximum Gasteiger partial charge on any atom is 0.194 e. The predicted octanol–water partition coefficient (Wildman–Crippen LogP) is 7.80. The number of benzene rings is 1. The van der Waals surface area contributed by atoms with Crippen molar-refractivity contribution in [1.82, 2.24) is 0 Å². The van der Waals surface area contributed by atoms with E-state index in [0.29, 0.717) is 45.4 Å². The fraction of sp³-hybridized carbons (Fsp3) is 0.226. The Morgan fingerprint density at radius 2 is 1.15 bits per heavy atom. The SMILES string of the molecule is N#CC(C#N)=C1/C(=C/C2CCCC(/C=C3\C(=O)c4cc(Cl)c(Cl)cc4C3=C(C#N)C#N)CC2)C(=O)c2cscc21. The summed E-state index contributed by atoms with van der Waals surface area (Å²) in [6.45, 7) is 0. The van der Waals surface area contributed by atoms with Crippen molar-refractivity contribution in [2.45, 2.75) is 32.1 Å². The highest BCUT2D eigenvalue weighted by Crippen LogP contribution is 2.45. The Morgan fingerprint density at radius 1 is 0.700 bits per heavy atom. The molecule has 0 spiro atoms. The van der Waals surface area contributed by atoms with Gasteiger partial charge in [-0.2, -0.15) is 32.4 Å². The molecule has 0 bridgehead atoms. The minimum Gasteiger partial charge on any atom is -0.289 e. The summed E-state index contributed by atoms with van der Waals surface area (Å²) < 4.78 is 0. The smallest absolute Gasteiger partial charge is 0.194 e. The van der Waals surface area contributed by atoms with Crippen LogP contribution in [-0.4, -0.2) is 11.6 Å². The van der Waals surface area contributed by atoms with Crippen molar-refractivity contribution in [2.24, 2.45) is 11.8 Å². The van der Waals surface area contributed by atoms with Crippen LogP contribution in [-0.2, 0) is 0 Å². The number of thiophene rings is 1. The van der Waals surface area contributed by atoms with Crippen LogP contribution in [0.1, 0.15) is 63.9 Å². The van der Waals surface area contributed by atoms with Gasteiger partial charge in [-0.3, -0.25) is 9.59 Å². The van der Waals surface area contributed by atoms with E-state index in [0.717, 1.165) is 25.7 Å². The van der Waals surface area contributed by atoms with Crippen molar-refractivity contribution in [3.8, 4) is 24.3 Å². The molecule has 1 fully saturated rings. The van der Waals surface area contributed by atoms with Crippen LogP contribution in [0.25, 0.3) is 11.1 Å². The molecular weight excluding hydrogens is 563 g/mol. The number of nitrogens with zero attached hydrogens (tertiary/aromatic N) is 4. The molecule has 2 unspecified atom stereocenters. The Bertz CT molecular complexity index is 1770. The molecule has 1 aromatic heterocycles. The van der Waals surface area contributed by atoms with Crippen molar-refractivity contribution in [2.75, 3.05) is 0 Å². The van der Waals surface area contributed by atoms with Crippen LogP contribution in [0.3, 0.4) is 0 Å². The van der Waals surface area contributed by atoms with Crippen LogP contribution in [0.5, 0.6) is 0 Å². The first-order valence-electron chi connectivity index (χ1n) is 12.5. The van der Waals surface area contributed by atoms with Gasteiger partial charge in [0.2, 0.25) is 0 Å². The zero-order valence-corrected chi connectivity index (χ0v) is 23.3. The number of nitriles is 4. The van der Waals surface area contributed by atoms with Gasteiger partial charge in [-0.05, 0) is 60.6 Å². The summed E-state index contributed by atoms with van der Waals surface area (Å²) in [5.74, 6) is -0.423. The molecule has 0 saturated heterocycles. The van der Waals surface area contributed by atoms with E-state index in [1.165, 1.54) is 23.5 Å². The molecule has 40 heavy (non-hydrogen) atoms. The summed E-state index contributed by atoms with van der Waals surface area (Å²) in [6, 6.07) is 10.7. The third-order valence-corrected chi connectivity index (χ3v) is 9.05. The summed E-state index contributed by atoms with van der Waals surface area (Å²) in [6.07, 6.45) is 7.60. The highest BCUT2D eigenvalue weighted by atomic mass is 35.5. The number of halogens is 2. The predicted molar refractivity (Wildman–Crippen MR) is 152 cm³/mol. The lowest BCUT2D eigenvalue weighted by Gasteiger charge is -2.12. The lowest BCUT2D eigenvalue weighted by atomic mass is 9.91. The summed E-state index contributed by atoms with van der Waals surface area (Å²) in [4.78, 5) is 26.6. The number of Topliss-reactive ketones (excluding diaryl/α,β-unsaturated/α-hetero) is 2. The van der Waals surface area contributed by atoms with Crippen molar-refractivity contribution in [3.05, 3.63) is 89.6 Å². The molecule has 5 rings (SSSR count). The highest BCUT2D eigenvalue weighted by Gasteiger charge is 2.36. The van der Waals surface area contributed by atoms with Gasteiger partial charge < -0.3 is 0 Å². The number of carbonyl (C=O) groups excluding carboxylic acids is 2. The van der Waals surface area contributed by atoms with Crippen LogP contribution >= 0.6 is 34.5 Å².